The van der Waals surface area contributed by atoms with Crippen LogP contribution in [-0.4, -0.2) is 60.8 Å². The summed E-state index contributed by atoms with van der Waals surface area (Å²) < 4.78 is 23.4. The highest BCUT2D eigenvalue weighted by atomic mass is 16.6. The number of nitrogens with zero attached hydrogens (tertiary/aromatic N) is 1. The SMILES string of the molecule is C=CCCCCC[C@H](CC(=O)OC(C)(C)C)C(=O)N1C[C@@]2(CCc3c(c(C4CC4)cc4ccc(OC)cc34)O2)C[C@H]1C(=O)OC. The summed E-state index contributed by atoms with van der Waals surface area (Å²) in [5.74, 6) is 0.479. The summed E-state index contributed by atoms with van der Waals surface area (Å²) >= 11 is 0. The Labute approximate surface area is 267 Å². The highest BCUT2D eigenvalue weighted by Gasteiger charge is 2.54. The predicted molar refractivity (Wildman–Crippen MR) is 174 cm³/mol. The van der Waals surface area contributed by atoms with Gasteiger partial charge in [-0.2, -0.15) is 0 Å². The third kappa shape index (κ3) is 7.47. The molecule has 0 bridgehead atoms. The van der Waals surface area contributed by atoms with Gasteiger partial charge in [0.25, 0.3) is 0 Å². The summed E-state index contributed by atoms with van der Waals surface area (Å²) in [4.78, 5) is 42.1. The van der Waals surface area contributed by atoms with Gasteiger partial charge in [0.2, 0.25) is 5.91 Å². The van der Waals surface area contributed by atoms with Crippen molar-refractivity contribution in [2.24, 2.45) is 5.92 Å². The average molecular weight is 620 g/mol. The molecule has 0 N–H and O–H groups in total. The number of likely N-dealkylation sites (tertiary alicyclic amines) is 1. The first-order chi connectivity index (χ1) is 21.5. The second-order valence-electron chi connectivity index (χ2n) is 14.0. The second kappa shape index (κ2) is 13.4. The van der Waals surface area contributed by atoms with E-state index in [1.54, 1.807) is 12.0 Å². The number of carbonyl (C=O) groups excluding carboxylic acids is 3. The van der Waals surface area contributed by atoms with E-state index in [0.717, 1.165) is 61.8 Å². The van der Waals surface area contributed by atoms with Crippen LogP contribution in [0.15, 0.2) is 36.9 Å². The Morgan fingerprint density at radius 1 is 1.13 bits per heavy atom. The van der Waals surface area contributed by atoms with Gasteiger partial charge < -0.3 is 23.8 Å². The van der Waals surface area contributed by atoms with Gasteiger partial charge in [0, 0.05) is 17.9 Å². The van der Waals surface area contributed by atoms with Crippen LogP contribution in [0, 0.1) is 5.92 Å². The van der Waals surface area contributed by atoms with Gasteiger partial charge in [-0.25, -0.2) is 4.79 Å². The molecule has 2 aliphatic heterocycles. The Morgan fingerprint density at radius 2 is 1.91 bits per heavy atom. The molecule has 1 aliphatic carbocycles. The molecule has 3 aliphatic rings. The van der Waals surface area contributed by atoms with Gasteiger partial charge in [0.15, 0.2) is 0 Å². The Hall–Kier alpha value is -3.55. The summed E-state index contributed by atoms with van der Waals surface area (Å²) in [5, 5.41) is 2.29. The summed E-state index contributed by atoms with van der Waals surface area (Å²) in [6, 6.07) is 7.63. The molecule has 2 aromatic rings. The van der Waals surface area contributed by atoms with Crippen molar-refractivity contribution in [2.45, 2.75) is 115 Å². The fourth-order valence-electron chi connectivity index (χ4n) is 7.03. The molecule has 1 amide bonds. The van der Waals surface area contributed by atoms with Gasteiger partial charge in [-0.3, -0.25) is 9.59 Å². The number of benzene rings is 2. The number of rotatable bonds is 12. The number of methoxy groups -OCH3 is 2. The van der Waals surface area contributed by atoms with Crippen molar-refractivity contribution in [2.75, 3.05) is 20.8 Å². The van der Waals surface area contributed by atoms with Gasteiger partial charge in [-0.15, -0.1) is 6.58 Å². The number of amides is 1. The molecule has 8 heteroatoms. The van der Waals surface area contributed by atoms with Crippen LogP contribution in [0.4, 0.5) is 0 Å². The highest BCUT2D eigenvalue weighted by Crippen LogP contribution is 2.52. The van der Waals surface area contributed by atoms with Crippen molar-refractivity contribution >= 4 is 28.6 Å². The number of unbranched alkanes of at least 4 members (excludes halogenated alkanes) is 3. The van der Waals surface area contributed by atoms with Gasteiger partial charge in [0.1, 0.15) is 28.7 Å². The third-order valence-corrected chi connectivity index (χ3v) is 9.40. The van der Waals surface area contributed by atoms with E-state index in [1.165, 1.54) is 23.6 Å². The minimum Gasteiger partial charge on any atom is -0.497 e. The number of aryl methyl sites for hydroxylation is 1. The van der Waals surface area contributed by atoms with Gasteiger partial charge in [0.05, 0.1) is 27.2 Å². The molecule has 1 spiro atoms. The van der Waals surface area contributed by atoms with Crippen LogP contribution in [0.2, 0.25) is 0 Å². The van der Waals surface area contributed by atoms with Crippen molar-refractivity contribution in [3.63, 3.8) is 0 Å². The fraction of sp³-hybridized carbons (Fsp3) is 0.595. The number of allylic oxidation sites excluding steroid dienone is 1. The second-order valence-corrected chi connectivity index (χ2v) is 14.0. The molecule has 2 fully saturated rings. The first kappa shape index (κ1) is 32.8. The van der Waals surface area contributed by atoms with E-state index in [-0.39, 0.29) is 18.9 Å². The van der Waals surface area contributed by atoms with E-state index in [9.17, 15) is 14.4 Å². The smallest absolute Gasteiger partial charge is 0.328 e. The molecule has 0 radical (unpaired) electrons. The topological polar surface area (TPSA) is 91.4 Å². The lowest BCUT2D eigenvalue weighted by molar-refractivity contribution is -0.159. The monoisotopic (exact) mass is 619 g/mol. The molecule has 8 nitrogen and oxygen atoms in total. The highest BCUT2D eigenvalue weighted by molar-refractivity contribution is 5.91. The summed E-state index contributed by atoms with van der Waals surface area (Å²) in [6.45, 7) is 9.53. The first-order valence-electron chi connectivity index (χ1n) is 16.5. The van der Waals surface area contributed by atoms with E-state index >= 15 is 0 Å². The van der Waals surface area contributed by atoms with Gasteiger partial charge in [-0.1, -0.05) is 25.0 Å². The maximum absolute atomic E-state index is 14.3. The average Bonchev–Trinajstić information content (AvgIpc) is 3.79. The molecular weight excluding hydrogens is 570 g/mol. The number of fused-ring (bicyclic) bond motifs is 3. The van der Waals surface area contributed by atoms with Crippen LogP contribution in [0.3, 0.4) is 0 Å². The lowest BCUT2D eigenvalue weighted by atomic mass is 9.85. The molecule has 2 heterocycles. The standard InChI is InChI=1S/C37H49NO7/c1-7-8-9-10-11-12-26(20-32(39)44-36(2,3)4)34(40)38-23-37(22-31(38)35(41)43-6)18-17-28-29-21-27(42-5)16-15-25(29)19-30(24-13-14-24)33(28)45-37/h7,15-16,19,21,24,26,31H,1,8-14,17-18,20,22-23H2,2-6H3/t26-,31+,37-/m1/s1. The molecule has 5 rings (SSSR count). The molecule has 1 saturated heterocycles. The molecular formula is C37H49NO7. The molecule has 0 unspecified atom stereocenters. The Bertz CT molecular complexity index is 1440. The van der Waals surface area contributed by atoms with Crippen LogP contribution in [0.25, 0.3) is 10.8 Å². The lowest BCUT2D eigenvalue weighted by Crippen LogP contribution is -2.46. The zero-order valence-corrected chi connectivity index (χ0v) is 27.6. The normalized spacial score (nSPS) is 21.6. The van der Waals surface area contributed by atoms with Crippen LogP contribution < -0.4 is 9.47 Å². The van der Waals surface area contributed by atoms with Crippen molar-refractivity contribution in [1.29, 1.82) is 0 Å². The van der Waals surface area contributed by atoms with Crippen LogP contribution in [0.5, 0.6) is 11.5 Å². The van der Waals surface area contributed by atoms with Crippen LogP contribution >= 0.6 is 0 Å². The summed E-state index contributed by atoms with van der Waals surface area (Å²) in [6.07, 6.45) is 10.0. The third-order valence-electron chi connectivity index (χ3n) is 9.40. The largest absolute Gasteiger partial charge is 0.497 e. The van der Waals surface area contributed by atoms with Crippen LogP contribution in [-0.2, 0) is 30.3 Å². The molecule has 244 valence electrons. The number of hydrogen-bond acceptors (Lipinski definition) is 7. The lowest BCUT2D eigenvalue weighted by Gasteiger charge is -2.37. The first-order valence-corrected chi connectivity index (χ1v) is 16.5. The van der Waals surface area contributed by atoms with E-state index in [4.69, 9.17) is 18.9 Å². The van der Waals surface area contributed by atoms with Gasteiger partial charge >= 0.3 is 11.9 Å². The number of ether oxygens (including phenoxy) is 4. The number of hydrogen-bond donors (Lipinski definition) is 0. The van der Waals surface area contributed by atoms with E-state index in [0.29, 0.717) is 25.2 Å². The van der Waals surface area contributed by atoms with Crippen molar-refractivity contribution < 1.29 is 33.3 Å². The number of carbonyl (C=O) groups is 3. The molecule has 0 aromatic heterocycles. The zero-order chi connectivity index (χ0) is 32.4. The molecule has 2 aromatic carbocycles. The molecule has 45 heavy (non-hydrogen) atoms. The minimum absolute atomic E-state index is 0.0295. The maximum atomic E-state index is 14.3. The van der Waals surface area contributed by atoms with E-state index in [1.807, 2.05) is 32.9 Å². The van der Waals surface area contributed by atoms with Crippen molar-refractivity contribution in [3.8, 4) is 11.5 Å². The summed E-state index contributed by atoms with van der Waals surface area (Å²) in [7, 11) is 3.03. The van der Waals surface area contributed by atoms with Crippen molar-refractivity contribution in [3.05, 3.63) is 48.0 Å². The Balaban J connectivity index is 1.44. The minimum atomic E-state index is -0.782. The fourth-order valence-corrected chi connectivity index (χ4v) is 7.03. The molecule has 1 saturated carbocycles. The number of esters is 2. The van der Waals surface area contributed by atoms with Crippen molar-refractivity contribution in [1.82, 2.24) is 4.90 Å². The maximum Gasteiger partial charge on any atom is 0.328 e. The Morgan fingerprint density at radius 3 is 2.58 bits per heavy atom. The van der Waals surface area contributed by atoms with E-state index in [2.05, 4.69) is 24.8 Å². The predicted octanol–water partition coefficient (Wildman–Crippen LogP) is 7.05. The molecule has 3 atom stereocenters. The van der Waals surface area contributed by atoms with E-state index < -0.39 is 35.1 Å². The quantitative estimate of drug-likeness (QED) is 0.143. The van der Waals surface area contributed by atoms with Gasteiger partial charge in [-0.05, 0) is 106 Å². The van der Waals surface area contributed by atoms with Crippen LogP contribution in [0.1, 0.15) is 102 Å². The zero-order valence-electron chi connectivity index (χ0n) is 27.6. The summed E-state index contributed by atoms with van der Waals surface area (Å²) in [5.41, 5.74) is 1.000. The Kier molecular flexibility index (Phi) is 9.80.